The number of amides is 2. The molecule has 0 bridgehead atoms. The summed E-state index contributed by atoms with van der Waals surface area (Å²) in [7, 11) is 1.67. The molecule has 0 unspecified atom stereocenters. The molecule has 26 heavy (non-hydrogen) atoms. The second-order valence-electron chi connectivity index (χ2n) is 7.47. The number of hydrogen-bond donors (Lipinski definition) is 1. The number of aromatic nitrogens is 2. The minimum absolute atomic E-state index is 0.000778. The van der Waals surface area contributed by atoms with Crippen molar-refractivity contribution in [2.24, 2.45) is 0 Å². The second-order valence-corrected chi connectivity index (χ2v) is 7.47. The number of piperidine rings is 1. The smallest absolute Gasteiger partial charge is 0.317 e. The van der Waals surface area contributed by atoms with Crippen LogP contribution in [0.3, 0.4) is 0 Å². The van der Waals surface area contributed by atoms with Gasteiger partial charge in [0.2, 0.25) is 5.89 Å². The lowest BCUT2D eigenvalue weighted by molar-refractivity contribution is 0.0778. The van der Waals surface area contributed by atoms with Crippen LogP contribution in [0, 0.1) is 0 Å². The molecule has 2 aliphatic heterocycles. The summed E-state index contributed by atoms with van der Waals surface area (Å²) in [6, 6.07) is -0.000778. The molecule has 0 radical (unpaired) electrons. The predicted molar refractivity (Wildman–Crippen MR) is 95.1 cm³/mol. The van der Waals surface area contributed by atoms with Gasteiger partial charge in [-0.2, -0.15) is 4.98 Å². The Hall–Kier alpha value is -1.67. The second kappa shape index (κ2) is 8.81. The summed E-state index contributed by atoms with van der Waals surface area (Å²) in [5, 5.41) is 7.21. The largest absolute Gasteiger partial charge is 0.385 e. The lowest BCUT2D eigenvalue weighted by Gasteiger charge is -2.37. The number of rotatable bonds is 6. The molecule has 2 saturated heterocycles. The van der Waals surface area contributed by atoms with Crippen LogP contribution in [0.5, 0.6) is 0 Å². The topological polar surface area (TPSA) is 89.7 Å². The van der Waals surface area contributed by atoms with E-state index < -0.39 is 0 Å². The lowest BCUT2D eigenvalue weighted by atomic mass is 9.79. The third-order valence-electron chi connectivity index (χ3n) is 5.51. The zero-order valence-corrected chi connectivity index (χ0v) is 15.8. The summed E-state index contributed by atoms with van der Waals surface area (Å²) < 4.78 is 15.9. The van der Waals surface area contributed by atoms with Crippen LogP contribution in [-0.2, 0) is 14.9 Å². The van der Waals surface area contributed by atoms with Crippen LogP contribution in [0.2, 0.25) is 0 Å². The summed E-state index contributed by atoms with van der Waals surface area (Å²) in [6.45, 7) is 6.38. The zero-order chi connectivity index (χ0) is 18.4. The normalized spacial score (nSPS) is 20.9. The molecule has 0 spiro atoms. The van der Waals surface area contributed by atoms with Crippen molar-refractivity contribution in [3.05, 3.63) is 11.7 Å². The quantitative estimate of drug-likeness (QED) is 0.775. The highest BCUT2D eigenvalue weighted by atomic mass is 16.5. The fourth-order valence-corrected chi connectivity index (χ4v) is 3.54. The minimum Gasteiger partial charge on any atom is -0.385 e. The number of ether oxygens (including phenoxy) is 2. The van der Waals surface area contributed by atoms with Crippen molar-refractivity contribution in [1.82, 2.24) is 20.4 Å². The van der Waals surface area contributed by atoms with Gasteiger partial charge in [-0.25, -0.2) is 4.79 Å². The van der Waals surface area contributed by atoms with E-state index >= 15 is 0 Å². The molecule has 8 heteroatoms. The molecule has 1 aromatic rings. The molecule has 2 amide bonds. The van der Waals surface area contributed by atoms with E-state index in [-0.39, 0.29) is 11.4 Å². The lowest BCUT2D eigenvalue weighted by Crippen LogP contribution is -2.48. The molecule has 1 N–H and O–H groups in total. The maximum atomic E-state index is 12.2. The van der Waals surface area contributed by atoms with E-state index in [0.29, 0.717) is 32.2 Å². The van der Waals surface area contributed by atoms with E-state index in [1.165, 1.54) is 0 Å². The van der Waals surface area contributed by atoms with Gasteiger partial charge in [-0.1, -0.05) is 12.1 Å². The van der Waals surface area contributed by atoms with Gasteiger partial charge in [0, 0.05) is 57.9 Å². The third-order valence-corrected chi connectivity index (χ3v) is 5.51. The van der Waals surface area contributed by atoms with Crippen molar-refractivity contribution >= 4 is 6.03 Å². The van der Waals surface area contributed by atoms with Crippen molar-refractivity contribution < 1.29 is 18.8 Å². The van der Waals surface area contributed by atoms with Gasteiger partial charge in [-0.15, -0.1) is 0 Å². The summed E-state index contributed by atoms with van der Waals surface area (Å²) in [4.78, 5) is 18.8. The average molecular weight is 366 g/mol. The number of carbonyl (C=O) groups is 1. The van der Waals surface area contributed by atoms with Crippen molar-refractivity contribution in [3.8, 4) is 0 Å². The number of hydrogen-bond acceptors (Lipinski definition) is 6. The molecule has 0 aromatic carbocycles. The van der Waals surface area contributed by atoms with Crippen LogP contribution in [0.1, 0.15) is 56.7 Å². The van der Waals surface area contributed by atoms with Crippen LogP contribution in [0.15, 0.2) is 4.52 Å². The molecule has 0 saturated carbocycles. The molecular weight excluding hydrogens is 336 g/mol. The summed E-state index contributed by atoms with van der Waals surface area (Å²) >= 11 is 0. The molecule has 2 fully saturated rings. The van der Waals surface area contributed by atoms with E-state index in [0.717, 1.165) is 57.0 Å². The highest BCUT2D eigenvalue weighted by Gasteiger charge is 2.38. The van der Waals surface area contributed by atoms with Crippen molar-refractivity contribution in [1.29, 1.82) is 0 Å². The van der Waals surface area contributed by atoms with Gasteiger partial charge in [-0.05, 0) is 32.1 Å². The van der Waals surface area contributed by atoms with Gasteiger partial charge < -0.3 is 24.2 Å². The van der Waals surface area contributed by atoms with Crippen molar-refractivity contribution in [2.45, 2.75) is 50.4 Å². The molecule has 0 aliphatic carbocycles. The van der Waals surface area contributed by atoms with Gasteiger partial charge in [-0.3, -0.25) is 0 Å². The molecular formula is C18H30N4O4. The molecule has 3 heterocycles. The summed E-state index contributed by atoms with van der Waals surface area (Å²) in [5.74, 6) is 1.83. The maximum absolute atomic E-state index is 12.2. The van der Waals surface area contributed by atoms with E-state index in [2.05, 4.69) is 17.4 Å². The molecule has 1 aromatic heterocycles. The van der Waals surface area contributed by atoms with Gasteiger partial charge in [0.25, 0.3) is 0 Å². The van der Waals surface area contributed by atoms with E-state index in [9.17, 15) is 4.79 Å². The third kappa shape index (κ3) is 4.54. The SMILES string of the molecule is COCCCNC(=O)N1CCC(C)(c2noc(C3CCOCC3)n2)CC1. The van der Waals surface area contributed by atoms with Crippen molar-refractivity contribution in [3.63, 3.8) is 0 Å². The fourth-order valence-electron chi connectivity index (χ4n) is 3.54. The first-order chi connectivity index (χ1) is 12.6. The molecule has 2 aliphatic rings. The maximum Gasteiger partial charge on any atom is 0.317 e. The zero-order valence-electron chi connectivity index (χ0n) is 15.8. The highest BCUT2D eigenvalue weighted by Crippen LogP contribution is 2.35. The monoisotopic (exact) mass is 366 g/mol. The Morgan fingerprint density at radius 1 is 1.35 bits per heavy atom. The van der Waals surface area contributed by atoms with E-state index in [1.807, 2.05) is 4.90 Å². The summed E-state index contributed by atoms with van der Waals surface area (Å²) in [5.41, 5.74) is -0.139. The van der Waals surface area contributed by atoms with Gasteiger partial charge in [0.1, 0.15) is 0 Å². The Balaban J connectivity index is 1.51. The Labute approximate surface area is 154 Å². The van der Waals surface area contributed by atoms with E-state index in [4.69, 9.17) is 19.0 Å². The first kappa shape index (κ1) is 19.1. The standard InChI is InChI=1S/C18H30N4O4/c1-18(16-20-15(26-21-16)14-4-12-25-13-5-14)6-9-22(10-7-18)17(23)19-8-3-11-24-2/h14H,3-13H2,1-2H3,(H,19,23). The van der Waals surface area contributed by atoms with Gasteiger partial charge in [0.05, 0.1) is 0 Å². The van der Waals surface area contributed by atoms with Crippen LogP contribution >= 0.6 is 0 Å². The molecule has 146 valence electrons. The number of carbonyl (C=O) groups excluding carboxylic acids is 1. The number of methoxy groups -OCH3 is 1. The van der Waals surface area contributed by atoms with Gasteiger partial charge >= 0.3 is 6.03 Å². The fraction of sp³-hybridized carbons (Fsp3) is 0.833. The molecule has 8 nitrogen and oxygen atoms in total. The Bertz CT molecular complexity index is 578. The van der Waals surface area contributed by atoms with Gasteiger partial charge in [0.15, 0.2) is 5.82 Å². The Kier molecular flexibility index (Phi) is 6.48. The highest BCUT2D eigenvalue weighted by molar-refractivity contribution is 5.74. The number of urea groups is 1. The van der Waals surface area contributed by atoms with Crippen molar-refractivity contribution in [2.75, 3.05) is 46.6 Å². The van der Waals surface area contributed by atoms with Crippen LogP contribution in [0.4, 0.5) is 4.79 Å². The summed E-state index contributed by atoms with van der Waals surface area (Å²) in [6.07, 6.45) is 4.38. The minimum atomic E-state index is -0.139. The van der Waals surface area contributed by atoms with Crippen LogP contribution in [0.25, 0.3) is 0 Å². The number of likely N-dealkylation sites (tertiary alicyclic amines) is 1. The van der Waals surface area contributed by atoms with Crippen LogP contribution in [-0.4, -0.2) is 67.6 Å². The number of nitrogens with zero attached hydrogens (tertiary/aromatic N) is 3. The number of nitrogens with one attached hydrogen (secondary N) is 1. The Morgan fingerprint density at radius 3 is 2.77 bits per heavy atom. The van der Waals surface area contributed by atoms with E-state index in [1.54, 1.807) is 7.11 Å². The Morgan fingerprint density at radius 2 is 2.08 bits per heavy atom. The predicted octanol–water partition coefficient (Wildman–Crippen LogP) is 2.06. The van der Waals surface area contributed by atoms with Crippen LogP contribution < -0.4 is 5.32 Å². The average Bonchev–Trinajstić information content (AvgIpc) is 3.17. The first-order valence-electron chi connectivity index (χ1n) is 9.56. The molecule has 0 atom stereocenters. The molecule has 3 rings (SSSR count). The first-order valence-corrected chi connectivity index (χ1v) is 9.56.